The molecule has 6 nitrogen and oxygen atoms in total. The summed E-state index contributed by atoms with van der Waals surface area (Å²) in [6, 6.07) is 13.2. The molecule has 32 heavy (non-hydrogen) atoms. The molecule has 0 aliphatic carbocycles. The van der Waals surface area contributed by atoms with E-state index in [4.69, 9.17) is 16.6 Å². The lowest BCUT2D eigenvalue weighted by molar-refractivity contribution is 0.0951. The maximum absolute atomic E-state index is 12.6. The van der Waals surface area contributed by atoms with Crippen LogP contribution in [-0.2, 0) is 12.3 Å². The Labute approximate surface area is 197 Å². The molecule has 0 saturated carbocycles. The van der Waals surface area contributed by atoms with E-state index in [1.165, 1.54) is 24.6 Å². The number of halogens is 1. The molecule has 1 aliphatic rings. The first-order valence-electron chi connectivity index (χ1n) is 10.8. The van der Waals surface area contributed by atoms with Crippen molar-refractivity contribution in [3.8, 4) is 0 Å². The van der Waals surface area contributed by atoms with Crippen LogP contribution in [-0.4, -0.2) is 33.9 Å². The van der Waals surface area contributed by atoms with Gasteiger partial charge in [-0.2, -0.15) is 0 Å². The smallest absolute Gasteiger partial charge is 0.251 e. The summed E-state index contributed by atoms with van der Waals surface area (Å²) in [6.45, 7) is 4.75. The van der Waals surface area contributed by atoms with Gasteiger partial charge >= 0.3 is 0 Å². The topological polar surface area (TPSA) is 71.0 Å². The van der Waals surface area contributed by atoms with Crippen molar-refractivity contribution in [1.82, 2.24) is 20.3 Å². The molecule has 8 heteroatoms. The van der Waals surface area contributed by atoms with E-state index in [9.17, 15) is 4.79 Å². The fraction of sp³-hybridized carbons (Fsp3) is 0.333. The van der Waals surface area contributed by atoms with Crippen molar-refractivity contribution in [2.75, 3.05) is 18.0 Å². The van der Waals surface area contributed by atoms with Gasteiger partial charge < -0.3 is 10.2 Å². The molecule has 4 rings (SSSR count). The molecule has 0 unspecified atom stereocenters. The molecule has 1 amide bonds. The van der Waals surface area contributed by atoms with Crippen LogP contribution in [0, 0.1) is 5.92 Å². The zero-order chi connectivity index (χ0) is 22.3. The van der Waals surface area contributed by atoms with Gasteiger partial charge in [0, 0.05) is 49.4 Å². The molecule has 0 radical (unpaired) electrons. The Morgan fingerprint density at radius 1 is 1.12 bits per heavy atom. The van der Waals surface area contributed by atoms with Gasteiger partial charge in [-0.05, 0) is 54.2 Å². The van der Waals surface area contributed by atoms with Crippen molar-refractivity contribution >= 4 is 35.1 Å². The minimum absolute atomic E-state index is 0.103. The second-order valence-corrected chi connectivity index (χ2v) is 9.36. The van der Waals surface area contributed by atoms with E-state index in [1.807, 2.05) is 42.5 Å². The molecule has 1 aromatic carbocycles. The minimum atomic E-state index is -0.103. The molecule has 1 aliphatic heterocycles. The maximum Gasteiger partial charge on any atom is 0.251 e. The summed E-state index contributed by atoms with van der Waals surface area (Å²) in [5, 5.41) is 4.06. The summed E-state index contributed by atoms with van der Waals surface area (Å²) in [5.41, 5.74) is 2.67. The fourth-order valence-corrected chi connectivity index (χ4v) is 4.61. The van der Waals surface area contributed by atoms with Gasteiger partial charge in [-0.1, -0.05) is 42.4 Å². The number of nitrogens with zero attached hydrogens (tertiary/aromatic N) is 4. The normalized spacial score (nSPS) is 14.4. The van der Waals surface area contributed by atoms with Crippen molar-refractivity contribution in [3.05, 3.63) is 76.7 Å². The van der Waals surface area contributed by atoms with E-state index in [2.05, 4.69) is 27.1 Å². The van der Waals surface area contributed by atoms with Crippen molar-refractivity contribution in [2.24, 2.45) is 5.92 Å². The number of carbonyl (C=O) groups excluding carboxylic acids is 1. The van der Waals surface area contributed by atoms with Gasteiger partial charge in [0.15, 0.2) is 5.16 Å². The molecule has 2 aromatic heterocycles. The summed E-state index contributed by atoms with van der Waals surface area (Å²) in [4.78, 5) is 27.9. The number of piperidine rings is 1. The van der Waals surface area contributed by atoms with Gasteiger partial charge in [0.05, 0.1) is 0 Å². The van der Waals surface area contributed by atoms with Gasteiger partial charge in [0.1, 0.15) is 11.0 Å². The van der Waals surface area contributed by atoms with Gasteiger partial charge in [-0.15, -0.1) is 0 Å². The van der Waals surface area contributed by atoms with E-state index in [1.54, 1.807) is 12.4 Å². The Kier molecular flexibility index (Phi) is 7.60. The van der Waals surface area contributed by atoms with Crippen LogP contribution in [0.1, 0.15) is 41.3 Å². The summed E-state index contributed by atoms with van der Waals surface area (Å²) < 4.78 is 0. The van der Waals surface area contributed by atoms with E-state index in [0.717, 1.165) is 36.0 Å². The first-order valence-corrected chi connectivity index (χ1v) is 12.1. The monoisotopic (exact) mass is 467 g/mol. The largest absolute Gasteiger partial charge is 0.356 e. The third-order valence-corrected chi connectivity index (χ3v) is 6.64. The Bertz CT molecular complexity index is 1060. The number of rotatable bonds is 7. The Morgan fingerprint density at radius 2 is 1.91 bits per heavy atom. The molecule has 1 saturated heterocycles. The van der Waals surface area contributed by atoms with Crippen LogP contribution >= 0.6 is 23.4 Å². The highest BCUT2D eigenvalue weighted by Crippen LogP contribution is 2.27. The lowest BCUT2D eigenvalue weighted by Crippen LogP contribution is -2.33. The second kappa shape index (κ2) is 10.8. The van der Waals surface area contributed by atoms with Crippen molar-refractivity contribution < 1.29 is 4.79 Å². The van der Waals surface area contributed by atoms with E-state index in [0.29, 0.717) is 28.2 Å². The molecule has 1 N–H and O–H groups in total. The minimum Gasteiger partial charge on any atom is -0.356 e. The van der Waals surface area contributed by atoms with E-state index in [-0.39, 0.29) is 5.91 Å². The van der Waals surface area contributed by atoms with Crippen LogP contribution in [0.2, 0.25) is 5.15 Å². The molecule has 3 aromatic rings. The lowest BCUT2D eigenvalue weighted by Gasteiger charge is -2.31. The molecule has 3 heterocycles. The SMILES string of the molecule is CC1CCN(c2cc(Cl)nc(SCc3cccc(C(=O)NCc4ccncc4)c3)n2)CC1. The molecule has 0 atom stereocenters. The number of aromatic nitrogens is 3. The third-order valence-electron chi connectivity index (χ3n) is 5.53. The zero-order valence-corrected chi connectivity index (χ0v) is 19.6. The van der Waals surface area contributed by atoms with Crippen LogP contribution in [0.5, 0.6) is 0 Å². The number of amides is 1. The Balaban J connectivity index is 1.37. The lowest BCUT2D eigenvalue weighted by atomic mass is 9.99. The number of pyridine rings is 1. The standard InChI is InChI=1S/C24H26ClN5OS/c1-17-7-11-30(12-8-17)22-14-21(25)28-24(29-22)32-16-19-3-2-4-20(13-19)23(31)27-15-18-5-9-26-10-6-18/h2-6,9-10,13-14,17H,7-8,11-12,15-16H2,1H3,(H,27,31). The highest BCUT2D eigenvalue weighted by molar-refractivity contribution is 7.98. The van der Waals surface area contributed by atoms with Crippen LogP contribution in [0.4, 0.5) is 5.82 Å². The predicted octanol–water partition coefficient (Wildman–Crippen LogP) is 4.98. The number of hydrogen-bond donors (Lipinski definition) is 1. The Hall–Kier alpha value is -2.64. The van der Waals surface area contributed by atoms with Gasteiger partial charge in [-0.3, -0.25) is 9.78 Å². The number of carbonyl (C=O) groups is 1. The van der Waals surface area contributed by atoms with Crippen LogP contribution in [0.25, 0.3) is 0 Å². The average Bonchev–Trinajstić information content (AvgIpc) is 2.82. The van der Waals surface area contributed by atoms with Gasteiger partial charge in [-0.25, -0.2) is 9.97 Å². The molecule has 0 spiro atoms. The zero-order valence-electron chi connectivity index (χ0n) is 18.0. The third kappa shape index (κ3) is 6.20. The number of benzene rings is 1. The highest BCUT2D eigenvalue weighted by Gasteiger charge is 2.18. The summed E-state index contributed by atoms with van der Waals surface area (Å²) >= 11 is 7.81. The molecular formula is C24H26ClN5OS. The van der Waals surface area contributed by atoms with Crippen molar-refractivity contribution in [2.45, 2.75) is 37.2 Å². The van der Waals surface area contributed by atoms with Gasteiger partial charge in [0.25, 0.3) is 5.91 Å². The summed E-state index contributed by atoms with van der Waals surface area (Å²) in [6.07, 6.45) is 5.77. The van der Waals surface area contributed by atoms with E-state index < -0.39 is 0 Å². The second-order valence-electron chi connectivity index (χ2n) is 8.03. The molecule has 166 valence electrons. The fourth-order valence-electron chi connectivity index (χ4n) is 3.58. The van der Waals surface area contributed by atoms with Crippen molar-refractivity contribution in [3.63, 3.8) is 0 Å². The maximum atomic E-state index is 12.6. The number of nitrogens with one attached hydrogen (secondary N) is 1. The molecule has 0 bridgehead atoms. The first kappa shape index (κ1) is 22.6. The van der Waals surface area contributed by atoms with Crippen LogP contribution in [0.3, 0.4) is 0 Å². The quantitative estimate of drug-likeness (QED) is 0.300. The first-order chi connectivity index (χ1) is 15.6. The highest BCUT2D eigenvalue weighted by atomic mass is 35.5. The summed E-state index contributed by atoms with van der Waals surface area (Å²) in [7, 11) is 0. The molecule has 1 fully saturated rings. The number of anilines is 1. The van der Waals surface area contributed by atoms with Gasteiger partial charge in [0.2, 0.25) is 0 Å². The van der Waals surface area contributed by atoms with Crippen LogP contribution in [0.15, 0.2) is 60.0 Å². The summed E-state index contributed by atoms with van der Waals surface area (Å²) in [5.74, 6) is 2.20. The predicted molar refractivity (Wildman–Crippen MR) is 129 cm³/mol. The van der Waals surface area contributed by atoms with E-state index >= 15 is 0 Å². The Morgan fingerprint density at radius 3 is 2.69 bits per heavy atom. The van der Waals surface area contributed by atoms with Crippen LogP contribution < -0.4 is 10.2 Å². The number of thioether (sulfide) groups is 1. The van der Waals surface area contributed by atoms with Crippen molar-refractivity contribution in [1.29, 1.82) is 0 Å². The average molecular weight is 468 g/mol. The number of hydrogen-bond acceptors (Lipinski definition) is 6. The molecular weight excluding hydrogens is 442 g/mol.